The maximum absolute atomic E-state index is 11.3. The molecule has 4 nitrogen and oxygen atoms in total. The Labute approximate surface area is 252 Å². The zero-order chi connectivity index (χ0) is 31.9. The molecule has 0 aromatic rings. The van der Waals surface area contributed by atoms with Gasteiger partial charge >= 0.3 is 0 Å². The molecule has 0 bridgehead atoms. The van der Waals surface area contributed by atoms with Crippen molar-refractivity contribution in [1.82, 2.24) is 0 Å². The summed E-state index contributed by atoms with van der Waals surface area (Å²) in [4.78, 5) is 0. The van der Waals surface area contributed by atoms with Crippen molar-refractivity contribution in [2.45, 2.75) is 144 Å². The molecule has 40 heavy (non-hydrogen) atoms. The summed E-state index contributed by atoms with van der Waals surface area (Å²) in [7, 11) is -4.07. The van der Waals surface area contributed by atoms with E-state index in [4.69, 9.17) is 8.85 Å². The van der Waals surface area contributed by atoms with Crippen LogP contribution in [0.5, 0.6) is 0 Å². The second-order valence-electron chi connectivity index (χ2n) is 15.7. The first-order valence-electron chi connectivity index (χ1n) is 15.5. The van der Waals surface area contributed by atoms with Crippen LogP contribution in [0.4, 0.5) is 0 Å². The molecule has 0 aromatic heterocycles. The van der Waals surface area contributed by atoms with Gasteiger partial charge in [0.05, 0.1) is 18.3 Å². The Bertz CT molecular complexity index is 819. The summed E-state index contributed by atoms with van der Waals surface area (Å²) in [6.07, 6.45) is 8.33. The highest BCUT2D eigenvalue weighted by Gasteiger charge is 2.43. The fourth-order valence-electron chi connectivity index (χ4n) is 4.90. The number of rotatable bonds is 16. The molecule has 2 N–H and O–H groups in total. The van der Waals surface area contributed by atoms with Gasteiger partial charge in [-0.1, -0.05) is 113 Å². The molecule has 0 aliphatic carbocycles. The Morgan fingerprint density at radius 2 is 1.25 bits per heavy atom. The van der Waals surface area contributed by atoms with Crippen LogP contribution in [0.25, 0.3) is 0 Å². The van der Waals surface area contributed by atoms with E-state index in [9.17, 15) is 10.2 Å². The lowest BCUT2D eigenvalue weighted by molar-refractivity contribution is -0.0134. The van der Waals surface area contributed by atoms with Crippen molar-refractivity contribution in [2.24, 2.45) is 29.6 Å². The summed E-state index contributed by atoms with van der Waals surface area (Å²) < 4.78 is 13.9. The smallest absolute Gasteiger partial charge is 0.192 e. The molecule has 0 saturated heterocycles. The van der Waals surface area contributed by atoms with Crippen LogP contribution in [-0.2, 0) is 8.85 Å². The monoisotopic (exact) mass is 596 g/mol. The third kappa shape index (κ3) is 11.6. The standard InChI is InChI=1S/C34H68O4Si2/c1-18-19-20-25(3)30(36)29(7)32(38-40(16,17)34(11,12)13)27(5)22-24(2)21-26(4)31(28(6)23-35)37-39(14,15)33(8,9)10/h18-21,25-32,35-36H,1,22-23H2,2-17H3/b20-19-,24-21-/t25-,26-,27-,28-,29+,30-,31+,32+/m0/s1. The van der Waals surface area contributed by atoms with Crippen LogP contribution in [0, 0.1) is 29.6 Å². The predicted molar refractivity (Wildman–Crippen MR) is 181 cm³/mol. The van der Waals surface area contributed by atoms with Crippen molar-refractivity contribution in [3.05, 3.63) is 36.5 Å². The number of hydrogen-bond donors (Lipinski definition) is 2. The van der Waals surface area contributed by atoms with Gasteiger partial charge in [-0.05, 0) is 61.4 Å². The van der Waals surface area contributed by atoms with Crippen LogP contribution in [0.1, 0.15) is 89.5 Å². The second kappa shape index (κ2) is 15.8. The molecule has 0 heterocycles. The van der Waals surface area contributed by atoms with Crippen molar-refractivity contribution < 1.29 is 19.1 Å². The third-order valence-corrected chi connectivity index (χ3v) is 18.7. The minimum atomic E-state index is -2.07. The second-order valence-corrected chi connectivity index (χ2v) is 25.2. The van der Waals surface area contributed by atoms with Crippen LogP contribution in [0.3, 0.4) is 0 Å². The molecule has 0 saturated carbocycles. The summed E-state index contributed by atoms with van der Waals surface area (Å²) in [5, 5.41) is 21.6. The molecule has 0 aliphatic heterocycles. The van der Waals surface area contributed by atoms with Gasteiger partial charge in [-0.3, -0.25) is 0 Å². The minimum absolute atomic E-state index is 0.00981. The van der Waals surface area contributed by atoms with Crippen LogP contribution in [-0.4, -0.2) is 51.8 Å². The van der Waals surface area contributed by atoms with E-state index in [1.54, 1.807) is 6.08 Å². The highest BCUT2D eigenvalue weighted by atomic mass is 28.4. The Morgan fingerprint density at radius 3 is 1.65 bits per heavy atom. The Kier molecular flexibility index (Phi) is 15.6. The summed E-state index contributed by atoms with van der Waals surface area (Å²) in [5.41, 5.74) is 1.30. The molecule has 8 atom stereocenters. The Hall–Kier alpha value is -0.506. The molecular weight excluding hydrogens is 529 g/mol. The van der Waals surface area contributed by atoms with E-state index in [1.807, 2.05) is 12.2 Å². The summed E-state index contributed by atoms with van der Waals surface area (Å²) in [6.45, 7) is 39.7. The fourth-order valence-corrected chi connectivity index (χ4v) is 7.86. The number of aliphatic hydroxyl groups excluding tert-OH is 2. The lowest BCUT2D eigenvalue weighted by Crippen LogP contribution is -2.49. The largest absolute Gasteiger partial charge is 0.413 e. The van der Waals surface area contributed by atoms with Crippen molar-refractivity contribution in [1.29, 1.82) is 0 Å². The SMILES string of the molecule is C=C/C=C\[C@H](C)[C@H](O)[C@@H](C)[C@H](O[Si](C)(C)C(C)(C)C)[C@@H](C)C/C(C)=C\[C@H](C)[C@@H](O[Si](C)(C)C(C)(C)C)[C@@H](C)CO. The topological polar surface area (TPSA) is 58.9 Å². The number of hydrogen-bond acceptors (Lipinski definition) is 4. The first-order chi connectivity index (χ1) is 17.9. The fraction of sp³-hybridized carbons (Fsp3) is 0.824. The van der Waals surface area contributed by atoms with Gasteiger partial charge in [0.2, 0.25) is 0 Å². The Morgan fingerprint density at radius 1 is 0.800 bits per heavy atom. The van der Waals surface area contributed by atoms with E-state index < -0.39 is 22.7 Å². The van der Waals surface area contributed by atoms with E-state index in [1.165, 1.54) is 5.57 Å². The van der Waals surface area contributed by atoms with Crippen molar-refractivity contribution >= 4 is 16.6 Å². The van der Waals surface area contributed by atoms with Gasteiger partial charge < -0.3 is 19.1 Å². The van der Waals surface area contributed by atoms with Gasteiger partial charge in [-0.15, -0.1) is 0 Å². The van der Waals surface area contributed by atoms with Crippen LogP contribution in [0.15, 0.2) is 36.5 Å². The first kappa shape index (κ1) is 39.5. The van der Waals surface area contributed by atoms with Gasteiger partial charge in [-0.2, -0.15) is 0 Å². The average Bonchev–Trinajstić information content (AvgIpc) is 2.81. The quantitative estimate of drug-likeness (QED) is 0.106. The van der Waals surface area contributed by atoms with E-state index in [-0.39, 0.29) is 58.5 Å². The summed E-state index contributed by atoms with van der Waals surface area (Å²) in [5.74, 6) is 0.446. The van der Waals surface area contributed by atoms with Crippen LogP contribution >= 0.6 is 0 Å². The van der Waals surface area contributed by atoms with E-state index >= 15 is 0 Å². The molecule has 236 valence electrons. The molecule has 0 aliphatic rings. The highest BCUT2D eigenvalue weighted by Crippen LogP contribution is 2.42. The predicted octanol–water partition coefficient (Wildman–Crippen LogP) is 9.38. The van der Waals surface area contributed by atoms with Gasteiger partial charge in [0.25, 0.3) is 0 Å². The van der Waals surface area contributed by atoms with Crippen LogP contribution in [0.2, 0.25) is 36.3 Å². The van der Waals surface area contributed by atoms with Crippen LogP contribution < -0.4 is 0 Å². The number of allylic oxidation sites excluding steroid dienone is 3. The minimum Gasteiger partial charge on any atom is -0.413 e. The van der Waals surface area contributed by atoms with E-state index in [0.29, 0.717) is 0 Å². The van der Waals surface area contributed by atoms with Crippen molar-refractivity contribution in [3.8, 4) is 0 Å². The number of aliphatic hydroxyl groups is 2. The molecule has 0 spiro atoms. The van der Waals surface area contributed by atoms with Gasteiger partial charge in [-0.25, -0.2) is 0 Å². The molecule has 6 heteroatoms. The third-order valence-electron chi connectivity index (χ3n) is 9.74. The lowest BCUT2D eigenvalue weighted by Gasteiger charge is -2.44. The molecular formula is C34H68O4Si2. The van der Waals surface area contributed by atoms with Crippen molar-refractivity contribution in [2.75, 3.05) is 6.61 Å². The van der Waals surface area contributed by atoms with Gasteiger partial charge in [0.1, 0.15) is 0 Å². The molecule has 0 fully saturated rings. The first-order valence-corrected chi connectivity index (χ1v) is 21.4. The average molecular weight is 597 g/mol. The maximum Gasteiger partial charge on any atom is 0.192 e. The Balaban J connectivity index is 6.16. The molecule has 0 rings (SSSR count). The van der Waals surface area contributed by atoms with Gasteiger partial charge in [0.15, 0.2) is 16.6 Å². The zero-order valence-electron chi connectivity index (χ0n) is 29.3. The zero-order valence-corrected chi connectivity index (χ0v) is 31.3. The maximum atomic E-state index is 11.3. The molecule has 0 unspecified atom stereocenters. The lowest BCUT2D eigenvalue weighted by atomic mass is 9.81. The summed E-state index contributed by atoms with van der Waals surface area (Å²) >= 11 is 0. The molecule has 0 aromatic carbocycles. The molecule has 0 amide bonds. The van der Waals surface area contributed by atoms with E-state index in [0.717, 1.165) is 6.42 Å². The van der Waals surface area contributed by atoms with Gasteiger partial charge in [0, 0.05) is 24.4 Å². The van der Waals surface area contributed by atoms with E-state index in [2.05, 4.69) is 122 Å². The molecule has 0 radical (unpaired) electrons. The van der Waals surface area contributed by atoms with Crippen molar-refractivity contribution in [3.63, 3.8) is 0 Å². The highest BCUT2D eigenvalue weighted by molar-refractivity contribution is 6.74. The summed E-state index contributed by atoms with van der Waals surface area (Å²) in [6, 6.07) is 0. The normalized spacial score (nSPS) is 20.5.